The van der Waals surface area contributed by atoms with E-state index in [1.165, 1.54) is 24.3 Å². The fraction of sp³-hybridized carbons (Fsp3) is 0.529. The predicted molar refractivity (Wildman–Crippen MR) is 82.7 cm³/mol. The maximum absolute atomic E-state index is 12.8. The third-order valence-electron chi connectivity index (χ3n) is 4.04. The molecule has 5 nitrogen and oxygen atoms in total. The lowest BCUT2D eigenvalue weighted by Crippen LogP contribution is -2.44. The quantitative estimate of drug-likeness (QED) is 0.838. The minimum absolute atomic E-state index is 0.0119. The van der Waals surface area contributed by atoms with E-state index in [2.05, 4.69) is 0 Å². The van der Waals surface area contributed by atoms with Crippen LogP contribution in [0.3, 0.4) is 0 Å². The molecule has 6 heteroatoms. The Morgan fingerprint density at radius 3 is 2.65 bits per heavy atom. The van der Waals surface area contributed by atoms with Gasteiger partial charge >= 0.3 is 5.97 Å². The number of benzene rings is 1. The molecule has 1 atom stereocenters. The van der Waals surface area contributed by atoms with Gasteiger partial charge in [-0.3, -0.25) is 9.59 Å². The van der Waals surface area contributed by atoms with Gasteiger partial charge in [0.2, 0.25) is 5.91 Å². The first-order valence-corrected chi connectivity index (χ1v) is 7.96. The van der Waals surface area contributed by atoms with Gasteiger partial charge in [-0.25, -0.2) is 4.39 Å². The minimum Gasteiger partial charge on any atom is -0.493 e. The molecule has 1 aromatic carbocycles. The second-order valence-electron chi connectivity index (χ2n) is 5.72. The molecule has 1 amide bonds. The lowest BCUT2D eigenvalue weighted by Gasteiger charge is -2.35. The van der Waals surface area contributed by atoms with Gasteiger partial charge in [-0.15, -0.1) is 0 Å². The molecule has 0 saturated carbocycles. The van der Waals surface area contributed by atoms with Crippen molar-refractivity contribution >= 4 is 11.9 Å². The summed E-state index contributed by atoms with van der Waals surface area (Å²) in [5.41, 5.74) is 0. The van der Waals surface area contributed by atoms with Crippen molar-refractivity contribution in [1.29, 1.82) is 0 Å². The lowest BCUT2D eigenvalue weighted by atomic mass is 9.97. The summed E-state index contributed by atoms with van der Waals surface area (Å²) in [6, 6.07) is 5.68. The number of halogens is 1. The zero-order valence-electron chi connectivity index (χ0n) is 13.0. The fourth-order valence-corrected chi connectivity index (χ4v) is 2.85. The minimum atomic E-state index is -0.831. The van der Waals surface area contributed by atoms with Crippen LogP contribution in [0.25, 0.3) is 0 Å². The van der Waals surface area contributed by atoms with Crippen LogP contribution in [0.15, 0.2) is 24.3 Å². The molecule has 1 aromatic rings. The summed E-state index contributed by atoms with van der Waals surface area (Å²) >= 11 is 0. The van der Waals surface area contributed by atoms with Crippen LogP contribution in [0.2, 0.25) is 0 Å². The number of carboxylic acids is 1. The summed E-state index contributed by atoms with van der Waals surface area (Å²) in [4.78, 5) is 24.8. The van der Waals surface area contributed by atoms with Gasteiger partial charge in [0.05, 0.1) is 13.0 Å². The number of carboxylic acid groups (broad SMARTS) is 1. The molecule has 1 aliphatic heterocycles. The van der Waals surface area contributed by atoms with Gasteiger partial charge < -0.3 is 14.7 Å². The van der Waals surface area contributed by atoms with E-state index in [0.29, 0.717) is 18.7 Å². The largest absolute Gasteiger partial charge is 0.493 e. The number of hydrogen-bond donors (Lipinski definition) is 1. The molecule has 0 aromatic heterocycles. The summed E-state index contributed by atoms with van der Waals surface area (Å²) in [6.45, 7) is 0.909. The number of aliphatic carboxylic acids is 1. The first-order valence-electron chi connectivity index (χ1n) is 7.96. The molecule has 1 saturated heterocycles. The molecule has 1 unspecified atom stereocenters. The summed E-state index contributed by atoms with van der Waals surface area (Å²) in [7, 11) is 0. The highest BCUT2D eigenvalue weighted by Gasteiger charge is 2.26. The van der Waals surface area contributed by atoms with Gasteiger partial charge in [0, 0.05) is 19.0 Å². The number of amides is 1. The number of carbonyl (C=O) groups excluding carboxylic acids is 1. The lowest BCUT2D eigenvalue weighted by molar-refractivity contribution is -0.140. The second kappa shape index (κ2) is 8.50. The van der Waals surface area contributed by atoms with Crippen LogP contribution in [0.4, 0.5) is 4.39 Å². The average molecular weight is 323 g/mol. The Labute approximate surface area is 135 Å². The van der Waals surface area contributed by atoms with Crippen LogP contribution in [0.1, 0.15) is 38.5 Å². The van der Waals surface area contributed by atoms with Crippen molar-refractivity contribution < 1.29 is 23.8 Å². The monoisotopic (exact) mass is 323 g/mol. The van der Waals surface area contributed by atoms with E-state index in [0.717, 1.165) is 19.3 Å². The van der Waals surface area contributed by atoms with Crippen LogP contribution >= 0.6 is 0 Å². The molecule has 0 spiro atoms. The zero-order chi connectivity index (χ0) is 16.7. The maximum atomic E-state index is 12.8. The molecule has 1 N–H and O–H groups in total. The van der Waals surface area contributed by atoms with Crippen LogP contribution in [-0.4, -0.2) is 41.1 Å². The molecular formula is C17H22FNO4. The molecule has 0 radical (unpaired) electrons. The van der Waals surface area contributed by atoms with Gasteiger partial charge in [0.1, 0.15) is 11.6 Å². The summed E-state index contributed by atoms with van der Waals surface area (Å²) in [5.74, 6) is -0.645. The standard InChI is InChI=1S/C17H22FNO4/c18-13-4-7-15(8-5-13)23-12-10-16(20)19-11-2-1-3-14(19)6-9-17(21)22/h4-5,7-8,14H,1-3,6,9-12H2,(H,21,22). The van der Waals surface area contributed by atoms with Crippen LogP contribution in [0, 0.1) is 5.82 Å². The highest BCUT2D eigenvalue weighted by molar-refractivity contribution is 5.77. The number of ether oxygens (including phenoxy) is 1. The summed E-state index contributed by atoms with van der Waals surface area (Å²) < 4.78 is 18.2. The number of nitrogens with zero attached hydrogens (tertiary/aromatic N) is 1. The SMILES string of the molecule is O=C(O)CCC1CCCCN1C(=O)CCOc1ccc(F)cc1. The Kier molecular flexibility index (Phi) is 6.38. The smallest absolute Gasteiger partial charge is 0.303 e. The van der Waals surface area contributed by atoms with Crippen LogP contribution < -0.4 is 4.74 Å². The first-order chi connectivity index (χ1) is 11.1. The number of likely N-dealkylation sites (tertiary alicyclic amines) is 1. The van der Waals surface area contributed by atoms with Crippen molar-refractivity contribution in [3.8, 4) is 5.75 Å². The molecule has 2 rings (SSSR count). The topological polar surface area (TPSA) is 66.8 Å². The summed E-state index contributed by atoms with van der Waals surface area (Å²) in [6.07, 6.45) is 3.66. The van der Waals surface area contributed by atoms with Crippen molar-refractivity contribution in [3.05, 3.63) is 30.1 Å². The van der Waals surface area contributed by atoms with E-state index in [9.17, 15) is 14.0 Å². The van der Waals surface area contributed by atoms with Gasteiger partial charge in [-0.2, -0.15) is 0 Å². The highest BCUT2D eigenvalue weighted by atomic mass is 19.1. The Balaban J connectivity index is 1.80. The predicted octanol–water partition coefficient (Wildman–Crippen LogP) is 2.84. The molecule has 1 fully saturated rings. The molecular weight excluding hydrogens is 301 g/mol. The maximum Gasteiger partial charge on any atom is 0.303 e. The van der Waals surface area contributed by atoms with E-state index in [-0.39, 0.29) is 37.2 Å². The van der Waals surface area contributed by atoms with Crippen LogP contribution in [0.5, 0.6) is 5.75 Å². The Bertz CT molecular complexity index is 532. The zero-order valence-corrected chi connectivity index (χ0v) is 13.0. The molecule has 126 valence electrons. The van der Waals surface area contributed by atoms with Gasteiger partial charge in [-0.05, 0) is 49.9 Å². The van der Waals surface area contributed by atoms with Gasteiger partial charge in [0.15, 0.2) is 0 Å². The van der Waals surface area contributed by atoms with Crippen LogP contribution in [-0.2, 0) is 9.59 Å². The van der Waals surface area contributed by atoms with Crippen molar-refractivity contribution in [2.75, 3.05) is 13.2 Å². The first kappa shape index (κ1) is 17.2. The summed E-state index contributed by atoms with van der Waals surface area (Å²) in [5, 5.41) is 8.81. The molecule has 23 heavy (non-hydrogen) atoms. The van der Waals surface area contributed by atoms with Crippen molar-refractivity contribution in [1.82, 2.24) is 4.90 Å². The number of carbonyl (C=O) groups is 2. The number of hydrogen-bond acceptors (Lipinski definition) is 3. The van der Waals surface area contributed by atoms with Crippen molar-refractivity contribution in [2.24, 2.45) is 0 Å². The third kappa shape index (κ3) is 5.54. The Morgan fingerprint density at radius 2 is 1.96 bits per heavy atom. The Morgan fingerprint density at radius 1 is 1.22 bits per heavy atom. The molecule has 1 heterocycles. The van der Waals surface area contributed by atoms with Crippen molar-refractivity contribution in [2.45, 2.75) is 44.6 Å². The van der Waals surface area contributed by atoms with E-state index in [4.69, 9.17) is 9.84 Å². The van der Waals surface area contributed by atoms with Gasteiger partial charge in [-0.1, -0.05) is 0 Å². The highest BCUT2D eigenvalue weighted by Crippen LogP contribution is 2.22. The molecule has 0 bridgehead atoms. The van der Waals surface area contributed by atoms with E-state index in [1.54, 1.807) is 4.90 Å². The van der Waals surface area contributed by atoms with E-state index in [1.807, 2.05) is 0 Å². The average Bonchev–Trinajstić information content (AvgIpc) is 2.55. The second-order valence-corrected chi connectivity index (χ2v) is 5.72. The van der Waals surface area contributed by atoms with E-state index < -0.39 is 5.97 Å². The van der Waals surface area contributed by atoms with Crippen molar-refractivity contribution in [3.63, 3.8) is 0 Å². The molecule has 1 aliphatic rings. The van der Waals surface area contributed by atoms with Gasteiger partial charge in [0.25, 0.3) is 0 Å². The fourth-order valence-electron chi connectivity index (χ4n) is 2.85. The number of rotatable bonds is 7. The Hall–Kier alpha value is -2.11. The number of piperidine rings is 1. The normalized spacial score (nSPS) is 17.8. The van der Waals surface area contributed by atoms with E-state index >= 15 is 0 Å². The third-order valence-corrected chi connectivity index (χ3v) is 4.04. The molecule has 0 aliphatic carbocycles.